The van der Waals surface area contributed by atoms with Crippen LogP contribution in [0.4, 0.5) is 0 Å². The number of carbonyl (C=O) groups is 1. The predicted molar refractivity (Wildman–Crippen MR) is 67.3 cm³/mol. The Bertz CT molecular complexity index is 538. The lowest BCUT2D eigenvalue weighted by Gasteiger charge is -2.21. The van der Waals surface area contributed by atoms with Crippen LogP contribution in [0, 0.1) is 0 Å². The monoisotopic (exact) mass is 288 g/mol. The summed E-state index contributed by atoms with van der Waals surface area (Å²) in [4.78, 5) is 14.4. The van der Waals surface area contributed by atoms with E-state index in [1.807, 2.05) is 0 Å². The van der Waals surface area contributed by atoms with Crippen molar-refractivity contribution in [2.24, 2.45) is 0 Å². The third kappa shape index (κ3) is 3.49. The molecule has 8 heteroatoms. The first-order valence-corrected chi connectivity index (χ1v) is 7.17. The number of carboxylic acid groups (broad SMARTS) is 1. The van der Waals surface area contributed by atoms with Crippen molar-refractivity contribution in [3.05, 3.63) is 24.0 Å². The van der Waals surface area contributed by atoms with Gasteiger partial charge in [-0.15, -0.1) is 0 Å². The molecule has 0 saturated heterocycles. The first-order chi connectivity index (χ1) is 8.95. The van der Waals surface area contributed by atoms with Crippen LogP contribution in [0.2, 0.25) is 0 Å². The highest BCUT2D eigenvalue weighted by Crippen LogP contribution is 2.19. The Morgan fingerprint density at radius 3 is 2.63 bits per heavy atom. The number of sulfonamides is 1. The van der Waals surface area contributed by atoms with Gasteiger partial charge in [0.1, 0.15) is 4.90 Å². The zero-order chi connectivity index (χ0) is 14.5. The maximum Gasteiger partial charge on any atom is 0.337 e. The van der Waals surface area contributed by atoms with Crippen LogP contribution in [0.15, 0.2) is 23.4 Å². The number of rotatable bonds is 7. The van der Waals surface area contributed by atoms with Gasteiger partial charge in [-0.05, 0) is 12.5 Å². The zero-order valence-corrected chi connectivity index (χ0v) is 11.3. The van der Waals surface area contributed by atoms with Gasteiger partial charge in [-0.25, -0.2) is 13.2 Å². The van der Waals surface area contributed by atoms with E-state index in [1.54, 1.807) is 6.92 Å². The van der Waals surface area contributed by atoms with Crippen LogP contribution in [0.1, 0.15) is 23.7 Å². The molecular weight excluding hydrogens is 272 g/mol. The van der Waals surface area contributed by atoms with Crippen LogP contribution in [0.25, 0.3) is 0 Å². The highest BCUT2D eigenvalue weighted by molar-refractivity contribution is 7.89. The number of nitrogens with zero attached hydrogens (tertiary/aromatic N) is 2. The van der Waals surface area contributed by atoms with E-state index in [-0.39, 0.29) is 30.2 Å². The van der Waals surface area contributed by atoms with E-state index in [0.29, 0.717) is 6.42 Å². The van der Waals surface area contributed by atoms with E-state index in [9.17, 15) is 13.2 Å². The minimum Gasteiger partial charge on any atom is -0.478 e. The number of hydrogen-bond acceptors (Lipinski definition) is 5. The van der Waals surface area contributed by atoms with Crippen molar-refractivity contribution in [2.75, 3.05) is 19.7 Å². The summed E-state index contributed by atoms with van der Waals surface area (Å²) in [5, 5.41) is 17.9. The molecule has 106 valence electrons. The summed E-state index contributed by atoms with van der Waals surface area (Å²) in [7, 11) is -3.97. The van der Waals surface area contributed by atoms with Gasteiger partial charge in [-0.1, -0.05) is 6.92 Å². The van der Waals surface area contributed by atoms with Crippen LogP contribution in [0.3, 0.4) is 0 Å². The highest BCUT2D eigenvalue weighted by Gasteiger charge is 2.28. The summed E-state index contributed by atoms with van der Waals surface area (Å²) in [5.41, 5.74) is -0.325. The average molecular weight is 288 g/mol. The third-order valence-electron chi connectivity index (χ3n) is 2.46. The van der Waals surface area contributed by atoms with Gasteiger partial charge in [-0.3, -0.25) is 4.98 Å². The van der Waals surface area contributed by atoms with E-state index in [4.69, 9.17) is 10.2 Å². The molecule has 0 radical (unpaired) electrons. The van der Waals surface area contributed by atoms with Crippen LogP contribution >= 0.6 is 0 Å². The summed E-state index contributed by atoms with van der Waals surface area (Å²) in [6, 6.07) is 1.14. The Kier molecular flexibility index (Phi) is 5.40. The molecule has 0 aliphatic heterocycles. The van der Waals surface area contributed by atoms with Gasteiger partial charge in [0.2, 0.25) is 10.0 Å². The van der Waals surface area contributed by atoms with Gasteiger partial charge in [0.25, 0.3) is 0 Å². The number of pyridine rings is 1. The van der Waals surface area contributed by atoms with Crippen LogP contribution in [-0.2, 0) is 10.0 Å². The summed E-state index contributed by atoms with van der Waals surface area (Å²) in [6.45, 7) is 1.59. The normalized spacial score (nSPS) is 11.7. The van der Waals surface area contributed by atoms with Crippen molar-refractivity contribution < 1.29 is 23.4 Å². The fraction of sp³-hybridized carbons (Fsp3) is 0.455. The lowest BCUT2D eigenvalue weighted by Crippen LogP contribution is -2.35. The molecule has 0 atom stereocenters. The molecule has 0 bridgehead atoms. The maximum atomic E-state index is 12.3. The Morgan fingerprint density at radius 1 is 1.42 bits per heavy atom. The molecule has 1 aromatic heterocycles. The number of hydrogen-bond donors (Lipinski definition) is 2. The number of aliphatic hydroxyl groups is 1. The standard InChI is InChI=1S/C11H16N2O5S/c1-2-5-13(6-7-14)19(17,18)10-8-12-4-3-9(10)11(15)16/h3-4,8,14H,2,5-7H2,1H3,(H,15,16). The maximum absolute atomic E-state index is 12.3. The largest absolute Gasteiger partial charge is 0.478 e. The lowest BCUT2D eigenvalue weighted by atomic mass is 10.3. The lowest BCUT2D eigenvalue weighted by molar-refractivity contribution is 0.0692. The molecule has 0 aliphatic carbocycles. The fourth-order valence-corrected chi connectivity index (χ4v) is 3.26. The smallest absolute Gasteiger partial charge is 0.337 e. The second-order valence-corrected chi connectivity index (χ2v) is 5.71. The van der Waals surface area contributed by atoms with Gasteiger partial charge >= 0.3 is 5.97 Å². The molecule has 0 aromatic carbocycles. The quantitative estimate of drug-likeness (QED) is 0.740. The van der Waals surface area contributed by atoms with Crippen LogP contribution in [-0.4, -0.2) is 53.6 Å². The summed E-state index contributed by atoms with van der Waals surface area (Å²) >= 11 is 0. The average Bonchev–Trinajstić information content (AvgIpc) is 2.38. The summed E-state index contributed by atoms with van der Waals surface area (Å²) in [5.74, 6) is -1.33. The van der Waals surface area contributed by atoms with Gasteiger partial charge in [0, 0.05) is 25.5 Å². The van der Waals surface area contributed by atoms with Crippen molar-refractivity contribution in [1.29, 1.82) is 0 Å². The molecular formula is C11H16N2O5S. The number of carboxylic acids is 1. The Balaban J connectivity index is 3.29. The van der Waals surface area contributed by atoms with Gasteiger partial charge in [0.15, 0.2) is 0 Å². The van der Waals surface area contributed by atoms with E-state index in [0.717, 1.165) is 16.6 Å². The van der Waals surface area contributed by atoms with Gasteiger partial charge in [0.05, 0.1) is 12.2 Å². The fourth-order valence-electron chi connectivity index (χ4n) is 1.61. The second kappa shape index (κ2) is 6.60. The molecule has 0 fully saturated rings. The molecule has 7 nitrogen and oxygen atoms in total. The summed E-state index contributed by atoms with van der Waals surface area (Å²) < 4.78 is 25.8. The molecule has 1 heterocycles. The number of aromatic nitrogens is 1. The Labute approximate surface area is 111 Å². The molecule has 0 unspecified atom stereocenters. The van der Waals surface area contributed by atoms with Crippen molar-refractivity contribution >= 4 is 16.0 Å². The SMILES string of the molecule is CCCN(CCO)S(=O)(=O)c1cnccc1C(=O)O. The molecule has 1 rings (SSSR count). The molecule has 1 aromatic rings. The zero-order valence-electron chi connectivity index (χ0n) is 10.5. The summed E-state index contributed by atoms with van der Waals surface area (Å²) in [6.07, 6.45) is 2.79. The van der Waals surface area contributed by atoms with Crippen molar-refractivity contribution in [3.63, 3.8) is 0 Å². The molecule has 0 saturated carbocycles. The number of aliphatic hydroxyl groups excluding tert-OH is 1. The van der Waals surface area contributed by atoms with Crippen LogP contribution < -0.4 is 0 Å². The second-order valence-electron chi connectivity index (χ2n) is 3.80. The molecule has 0 amide bonds. The van der Waals surface area contributed by atoms with E-state index >= 15 is 0 Å². The Morgan fingerprint density at radius 2 is 2.11 bits per heavy atom. The van der Waals surface area contributed by atoms with Crippen molar-refractivity contribution in [3.8, 4) is 0 Å². The van der Waals surface area contributed by atoms with Crippen LogP contribution in [0.5, 0.6) is 0 Å². The third-order valence-corrected chi connectivity index (χ3v) is 4.38. The molecule has 2 N–H and O–H groups in total. The molecule has 0 aliphatic rings. The minimum atomic E-state index is -3.97. The first kappa shape index (κ1) is 15.5. The Hall–Kier alpha value is -1.51. The highest BCUT2D eigenvalue weighted by atomic mass is 32.2. The molecule has 19 heavy (non-hydrogen) atoms. The first-order valence-electron chi connectivity index (χ1n) is 5.73. The predicted octanol–water partition coefficient (Wildman–Crippen LogP) is 0.173. The van der Waals surface area contributed by atoms with Crippen molar-refractivity contribution in [1.82, 2.24) is 9.29 Å². The minimum absolute atomic E-state index is 0.0792. The van der Waals surface area contributed by atoms with Gasteiger partial charge < -0.3 is 10.2 Å². The van der Waals surface area contributed by atoms with E-state index in [2.05, 4.69) is 4.98 Å². The number of aromatic carboxylic acids is 1. The molecule has 0 spiro atoms. The van der Waals surface area contributed by atoms with Gasteiger partial charge in [-0.2, -0.15) is 4.31 Å². The topological polar surface area (TPSA) is 108 Å². The van der Waals surface area contributed by atoms with Crippen molar-refractivity contribution in [2.45, 2.75) is 18.2 Å². The van der Waals surface area contributed by atoms with E-state index in [1.165, 1.54) is 6.20 Å². The van der Waals surface area contributed by atoms with E-state index < -0.39 is 16.0 Å².